The monoisotopic (exact) mass is 630 g/mol. The molecule has 10 nitrogen and oxygen atoms in total. The van der Waals surface area contributed by atoms with Crippen molar-refractivity contribution in [1.29, 1.82) is 0 Å². The van der Waals surface area contributed by atoms with Gasteiger partial charge in [-0.05, 0) is 76.0 Å². The second-order valence-corrected chi connectivity index (χ2v) is 12.8. The van der Waals surface area contributed by atoms with Crippen molar-refractivity contribution in [2.45, 2.75) is 57.3 Å². The molecule has 4 aliphatic rings. The Bertz CT molecular complexity index is 1330. The molecule has 1 amide bonds. The van der Waals surface area contributed by atoms with Gasteiger partial charge < -0.3 is 30.1 Å². The number of alkyl halides is 3. The first-order valence-electron chi connectivity index (χ1n) is 16.3. The van der Waals surface area contributed by atoms with E-state index in [1.807, 2.05) is 11.0 Å². The molecule has 0 spiro atoms. The number of hydrogen-bond acceptors (Lipinski definition) is 9. The topological polar surface area (TPSA) is 89.1 Å². The highest BCUT2D eigenvalue weighted by molar-refractivity contribution is 5.82. The summed E-state index contributed by atoms with van der Waals surface area (Å²) in [5, 5.41) is 6.03. The fraction of sp³-hybridized carbons (Fsp3) is 0.656. The lowest BCUT2D eigenvalue weighted by Crippen LogP contribution is -2.53. The molecule has 2 aromatic rings. The van der Waals surface area contributed by atoms with E-state index >= 15 is 0 Å². The van der Waals surface area contributed by atoms with Crippen molar-refractivity contribution >= 4 is 29.0 Å². The van der Waals surface area contributed by atoms with E-state index in [-0.39, 0.29) is 36.2 Å². The Morgan fingerprint density at radius 3 is 2.53 bits per heavy atom. The Labute approximate surface area is 263 Å². The highest BCUT2D eigenvalue weighted by Crippen LogP contribution is 2.35. The van der Waals surface area contributed by atoms with Crippen molar-refractivity contribution in [3.8, 4) is 0 Å². The average Bonchev–Trinajstić information content (AvgIpc) is 3.25. The number of likely N-dealkylation sites (tertiary alicyclic amines) is 2. The lowest BCUT2D eigenvalue weighted by molar-refractivity contribution is -0.137. The van der Waals surface area contributed by atoms with Crippen LogP contribution in [0.3, 0.4) is 0 Å². The number of carbonyl (C=O) groups is 1. The van der Waals surface area contributed by atoms with Gasteiger partial charge >= 0.3 is 6.18 Å². The number of aryl methyl sites for hydroxylation is 1. The largest absolute Gasteiger partial charge is 0.421 e. The summed E-state index contributed by atoms with van der Waals surface area (Å²) in [7, 11) is 2.19. The van der Waals surface area contributed by atoms with Gasteiger partial charge in [-0.2, -0.15) is 18.2 Å². The molecule has 0 radical (unpaired) electrons. The van der Waals surface area contributed by atoms with Crippen LogP contribution in [0.4, 0.5) is 36.3 Å². The molecule has 2 atom stereocenters. The third-order valence-electron chi connectivity index (χ3n) is 9.82. The summed E-state index contributed by atoms with van der Waals surface area (Å²) >= 11 is 0. The van der Waals surface area contributed by atoms with E-state index in [9.17, 15) is 18.0 Å². The number of amides is 1. The second kappa shape index (κ2) is 13.7. The van der Waals surface area contributed by atoms with Crippen LogP contribution in [0.25, 0.3) is 0 Å². The molecular weight excluding hydrogens is 585 g/mol. The van der Waals surface area contributed by atoms with Crippen molar-refractivity contribution in [2.75, 3.05) is 88.2 Å². The van der Waals surface area contributed by atoms with Gasteiger partial charge in [-0.1, -0.05) is 6.92 Å². The van der Waals surface area contributed by atoms with E-state index in [1.54, 1.807) is 0 Å². The summed E-state index contributed by atoms with van der Waals surface area (Å²) in [5.41, 5.74) is 2.06. The van der Waals surface area contributed by atoms with Gasteiger partial charge in [0, 0.05) is 62.9 Å². The molecule has 13 heteroatoms. The van der Waals surface area contributed by atoms with Crippen LogP contribution < -0.4 is 15.5 Å². The minimum absolute atomic E-state index is 0.0599. The Hall–Kier alpha value is -3.16. The lowest BCUT2D eigenvalue weighted by Gasteiger charge is -2.43. The molecule has 4 fully saturated rings. The minimum Gasteiger partial charge on any atom is -0.378 e. The molecule has 4 saturated heterocycles. The molecule has 1 aromatic carbocycles. The maximum Gasteiger partial charge on any atom is 0.421 e. The zero-order valence-corrected chi connectivity index (χ0v) is 26.3. The first-order chi connectivity index (χ1) is 21.7. The third kappa shape index (κ3) is 7.30. The normalized spacial score (nSPS) is 23.5. The summed E-state index contributed by atoms with van der Waals surface area (Å²) in [6, 6.07) is 6.93. The van der Waals surface area contributed by atoms with Crippen molar-refractivity contribution in [3.63, 3.8) is 0 Å². The van der Waals surface area contributed by atoms with Gasteiger partial charge in [-0.25, -0.2) is 4.98 Å². The smallest absolute Gasteiger partial charge is 0.378 e. The maximum atomic E-state index is 13.8. The van der Waals surface area contributed by atoms with Gasteiger partial charge in [-0.3, -0.25) is 9.69 Å². The summed E-state index contributed by atoms with van der Waals surface area (Å²) in [5.74, 6) is -0.188. The van der Waals surface area contributed by atoms with Gasteiger partial charge in [0.2, 0.25) is 11.9 Å². The van der Waals surface area contributed by atoms with Crippen LogP contribution in [0, 0.1) is 5.92 Å². The lowest BCUT2D eigenvalue weighted by atomic mass is 10.0. The van der Waals surface area contributed by atoms with Gasteiger partial charge in [0.25, 0.3) is 0 Å². The zero-order chi connectivity index (χ0) is 31.6. The standard InChI is InChI=1S/C32H45F3N8O2/c1-3-22-17-25(42-15-13-41(14-16-42)24-7-11-40(2)12-8-24)5-6-28(22)38-31-37-19-27(32(33,34)35)29(39-31)36-9-4-10-43-26-18-23(30(43)44)20-45-21-26/h5-6,17,19,23-24,26H,3-4,7-16,18,20-21H2,1-2H3,(H2,36,37,38,39). The van der Waals surface area contributed by atoms with Crippen molar-refractivity contribution < 1.29 is 22.7 Å². The van der Waals surface area contributed by atoms with Crippen molar-refractivity contribution in [2.24, 2.45) is 5.92 Å². The Morgan fingerprint density at radius 2 is 1.82 bits per heavy atom. The minimum atomic E-state index is -4.60. The predicted octanol–water partition coefficient (Wildman–Crippen LogP) is 4.07. The molecule has 0 aliphatic carbocycles. The number of hydrogen-bond donors (Lipinski definition) is 2. The third-order valence-corrected chi connectivity index (χ3v) is 9.82. The van der Waals surface area contributed by atoms with Crippen molar-refractivity contribution in [3.05, 3.63) is 35.5 Å². The number of nitrogens with zero attached hydrogens (tertiary/aromatic N) is 6. The Kier molecular flexibility index (Phi) is 9.67. The van der Waals surface area contributed by atoms with Crippen LogP contribution in [-0.2, 0) is 22.1 Å². The van der Waals surface area contributed by atoms with Gasteiger partial charge in [-0.15, -0.1) is 0 Å². The quantitative estimate of drug-likeness (QED) is 0.378. The van der Waals surface area contributed by atoms with Gasteiger partial charge in [0.1, 0.15) is 11.4 Å². The summed E-state index contributed by atoms with van der Waals surface area (Å²) in [6.45, 7) is 10.1. The first-order valence-corrected chi connectivity index (χ1v) is 16.3. The van der Waals surface area contributed by atoms with Gasteiger partial charge in [0.15, 0.2) is 0 Å². The number of aromatic nitrogens is 2. The fourth-order valence-corrected chi connectivity index (χ4v) is 7.16. The number of fused-ring (bicyclic) bond motifs is 2. The number of anilines is 4. The SMILES string of the molecule is CCc1cc(N2CCN(C3CCN(C)CC3)CC2)ccc1Nc1ncc(C(F)(F)F)c(NCCCN2C(=O)C3COCC2C3)n1. The molecule has 246 valence electrons. The molecule has 0 saturated carbocycles. The van der Waals surface area contributed by atoms with Gasteiger partial charge in [0.05, 0.1) is 25.2 Å². The van der Waals surface area contributed by atoms with E-state index in [0.29, 0.717) is 32.2 Å². The number of piperidine rings is 1. The highest BCUT2D eigenvalue weighted by Gasteiger charge is 2.42. The Morgan fingerprint density at radius 1 is 1.04 bits per heavy atom. The van der Waals surface area contributed by atoms with Crippen molar-refractivity contribution in [1.82, 2.24) is 24.7 Å². The van der Waals surface area contributed by atoms with E-state index < -0.39 is 11.7 Å². The summed E-state index contributed by atoms with van der Waals surface area (Å²) in [4.78, 5) is 30.1. The van der Waals surface area contributed by atoms with Crippen LogP contribution in [0.5, 0.6) is 0 Å². The molecule has 5 heterocycles. The maximum absolute atomic E-state index is 13.8. The molecule has 2 bridgehead atoms. The zero-order valence-electron chi connectivity index (χ0n) is 26.3. The number of piperazine rings is 1. The van der Waals surface area contributed by atoms with Crippen LogP contribution in [0.15, 0.2) is 24.4 Å². The fourth-order valence-electron chi connectivity index (χ4n) is 7.16. The van der Waals surface area contributed by atoms with E-state index in [1.165, 1.54) is 12.8 Å². The summed E-state index contributed by atoms with van der Waals surface area (Å²) in [6.07, 6.45) is 0.722. The van der Waals surface area contributed by atoms with E-state index in [0.717, 1.165) is 75.2 Å². The average molecular weight is 631 g/mol. The molecule has 4 aliphatic heterocycles. The van der Waals surface area contributed by atoms with Crippen LogP contribution >= 0.6 is 0 Å². The molecular formula is C32H45F3N8O2. The number of nitrogens with one attached hydrogen (secondary N) is 2. The molecule has 2 unspecified atom stereocenters. The van der Waals surface area contributed by atoms with Crippen LogP contribution in [-0.4, -0.2) is 115 Å². The van der Waals surface area contributed by atoms with E-state index in [4.69, 9.17) is 4.74 Å². The Balaban J connectivity index is 1.08. The molecule has 45 heavy (non-hydrogen) atoms. The number of ether oxygens (including phenoxy) is 1. The highest BCUT2D eigenvalue weighted by atomic mass is 19.4. The van der Waals surface area contributed by atoms with E-state index in [2.05, 4.69) is 61.4 Å². The molecule has 2 N–H and O–H groups in total. The number of rotatable bonds is 10. The number of halogens is 3. The second-order valence-electron chi connectivity index (χ2n) is 12.8. The van der Waals surface area contributed by atoms with Crippen LogP contribution in [0.2, 0.25) is 0 Å². The first kappa shape index (κ1) is 31.8. The predicted molar refractivity (Wildman–Crippen MR) is 168 cm³/mol. The molecule has 6 rings (SSSR count). The number of carbonyl (C=O) groups excluding carboxylic acids is 1. The molecule has 1 aromatic heterocycles. The summed E-state index contributed by atoms with van der Waals surface area (Å²) < 4.78 is 47.0. The number of benzene rings is 1. The van der Waals surface area contributed by atoms with Crippen LogP contribution in [0.1, 0.15) is 43.7 Å².